The van der Waals surface area contributed by atoms with Gasteiger partial charge in [0, 0.05) is 21.0 Å². The van der Waals surface area contributed by atoms with E-state index in [-0.39, 0.29) is 0 Å². The van der Waals surface area contributed by atoms with Crippen molar-refractivity contribution in [2.75, 3.05) is 0 Å². The highest BCUT2D eigenvalue weighted by atomic mass is 32.1. The van der Waals surface area contributed by atoms with Gasteiger partial charge in [-0.1, -0.05) is 93.9 Å². The van der Waals surface area contributed by atoms with E-state index >= 15 is 0 Å². The van der Waals surface area contributed by atoms with Crippen LogP contribution in [0.25, 0.3) is 49.3 Å². The Balaban J connectivity index is 1.69. The van der Waals surface area contributed by atoms with Crippen molar-refractivity contribution in [3.8, 4) is 28.2 Å². The fraction of sp³-hybridized carbons (Fsp3) is 0.206. The van der Waals surface area contributed by atoms with Gasteiger partial charge in [-0.25, -0.2) is 4.98 Å². The van der Waals surface area contributed by atoms with Crippen molar-refractivity contribution < 1.29 is 0 Å². The quantitative estimate of drug-likeness (QED) is 0.230. The van der Waals surface area contributed by atoms with Crippen LogP contribution in [-0.4, -0.2) is 9.55 Å². The summed E-state index contributed by atoms with van der Waals surface area (Å²) in [5.74, 6) is 1.81. The van der Waals surface area contributed by atoms with Gasteiger partial charge in [0.05, 0.1) is 16.7 Å². The fourth-order valence-electron chi connectivity index (χ4n) is 5.42. The van der Waals surface area contributed by atoms with Crippen molar-refractivity contribution in [2.24, 2.45) is 0 Å². The van der Waals surface area contributed by atoms with Crippen molar-refractivity contribution >= 4 is 32.5 Å². The first kappa shape index (κ1) is 23.7. The van der Waals surface area contributed by atoms with E-state index in [9.17, 15) is 0 Å². The highest BCUT2D eigenvalue weighted by Crippen LogP contribution is 2.41. The smallest absolute Gasteiger partial charge is 0.147 e. The maximum atomic E-state index is 5.28. The second kappa shape index (κ2) is 9.32. The van der Waals surface area contributed by atoms with Crippen molar-refractivity contribution in [1.29, 1.82) is 0 Å². The molecule has 0 spiro atoms. The van der Waals surface area contributed by atoms with E-state index in [0.29, 0.717) is 11.8 Å². The topological polar surface area (TPSA) is 17.8 Å². The molecule has 6 rings (SSSR count). The van der Waals surface area contributed by atoms with E-state index in [1.165, 1.54) is 49.2 Å². The molecule has 0 radical (unpaired) electrons. The van der Waals surface area contributed by atoms with Gasteiger partial charge < -0.3 is 0 Å². The third kappa shape index (κ3) is 4.08. The molecule has 0 aliphatic carbocycles. The number of hydrogen-bond donors (Lipinski definition) is 0. The highest BCUT2D eigenvalue weighted by molar-refractivity contribution is 7.17. The van der Waals surface area contributed by atoms with Gasteiger partial charge in [-0.05, 0) is 65.3 Å². The van der Waals surface area contributed by atoms with E-state index in [1.54, 1.807) is 11.3 Å². The summed E-state index contributed by atoms with van der Waals surface area (Å²) in [7, 11) is 0. The molecule has 0 saturated heterocycles. The number of thiophene rings is 1. The molecule has 2 aromatic heterocycles. The normalized spacial score (nSPS) is 11.9. The zero-order valence-electron chi connectivity index (χ0n) is 22.1. The fourth-order valence-corrected chi connectivity index (χ4v) is 6.34. The number of hydrogen-bond acceptors (Lipinski definition) is 2. The number of para-hydroxylation sites is 2. The van der Waals surface area contributed by atoms with Gasteiger partial charge in [-0.3, -0.25) is 4.57 Å². The molecule has 0 aliphatic rings. The molecule has 0 fully saturated rings. The summed E-state index contributed by atoms with van der Waals surface area (Å²) in [4.78, 5) is 5.28. The first-order valence-electron chi connectivity index (χ1n) is 13.1. The molecule has 37 heavy (non-hydrogen) atoms. The van der Waals surface area contributed by atoms with Gasteiger partial charge in [-0.2, -0.15) is 0 Å². The van der Waals surface area contributed by atoms with Gasteiger partial charge in [0.25, 0.3) is 0 Å². The molecule has 0 N–H and O–H groups in total. The van der Waals surface area contributed by atoms with E-state index in [2.05, 4.69) is 129 Å². The summed E-state index contributed by atoms with van der Waals surface area (Å²) < 4.78 is 3.72. The van der Waals surface area contributed by atoms with Crippen LogP contribution in [-0.2, 0) is 0 Å². The number of imidazole rings is 1. The van der Waals surface area contributed by atoms with Gasteiger partial charge in [-0.15, -0.1) is 11.3 Å². The first-order chi connectivity index (χ1) is 17.9. The van der Waals surface area contributed by atoms with Crippen LogP contribution in [0.4, 0.5) is 0 Å². The zero-order valence-corrected chi connectivity index (χ0v) is 22.9. The SMILES string of the molecule is Cc1cc(C(C)C)c(-n2c(-c3csc4ccc(-c5ccccc5)cc34)nc3ccccc32)c(C(C)C)c1. The summed E-state index contributed by atoms with van der Waals surface area (Å²) >= 11 is 1.80. The Bertz CT molecular complexity index is 1710. The van der Waals surface area contributed by atoms with Gasteiger partial charge in [0.2, 0.25) is 0 Å². The van der Waals surface area contributed by atoms with Crippen LogP contribution in [0.2, 0.25) is 0 Å². The highest BCUT2D eigenvalue weighted by Gasteiger charge is 2.24. The van der Waals surface area contributed by atoms with Crippen LogP contribution in [0.15, 0.2) is 90.3 Å². The first-order valence-corrected chi connectivity index (χ1v) is 14.0. The minimum atomic E-state index is 0.394. The lowest BCUT2D eigenvalue weighted by Crippen LogP contribution is -2.09. The molecule has 3 heteroatoms. The van der Waals surface area contributed by atoms with Crippen LogP contribution in [0.5, 0.6) is 0 Å². The summed E-state index contributed by atoms with van der Waals surface area (Å²) in [5.41, 5.74) is 11.2. The molecule has 0 amide bonds. The summed E-state index contributed by atoms with van der Waals surface area (Å²) in [6, 6.07) is 30.7. The Hall–Kier alpha value is -3.69. The van der Waals surface area contributed by atoms with Gasteiger partial charge in [0.1, 0.15) is 5.82 Å². The lowest BCUT2D eigenvalue weighted by Gasteiger charge is -2.23. The summed E-state index contributed by atoms with van der Waals surface area (Å²) in [5, 5.41) is 3.54. The van der Waals surface area contributed by atoms with Crippen molar-refractivity contribution in [2.45, 2.75) is 46.5 Å². The molecule has 6 aromatic rings. The third-order valence-electron chi connectivity index (χ3n) is 7.26. The number of nitrogens with zero attached hydrogens (tertiary/aromatic N) is 2. The van der Waals surface area contributed by atoms with E-state index in [1.807, 2.05) is 0 Å². The monoisotopic (exact) mass is 500 g/mol. The Morgan fingerprint density at radius 1 is 0.730 bits per heavy atom. The van der Waals surface area contributed by atoms with Crippen molar-refractivity contribution in [3.05, 3.63) is 107 Å². The zero-order chi connectivity index (χ0) is 25.7. The number of aryl methyl sites for hydroxylation is 1. The molecular formula is C34H32N2S. The number of fused-ring (bicyclic) bond motifs is 2. The molecule has 0 bridgehead atoms. The third-order valence-corrected chi connectivity index (χ3v) is 8.23. The predicted octanol–water partition coefficient (Wildman–Crippen LogP) is 10.1. The maximum absolute atomic E-state index is 5.28. The Kier molecular flexibility index (Phi) is 5.97. The summed E-state index contributed by atoms with van der Waals surface area (Å²) in [6.07, 6.45) is 0. The minimum Gasteiger partial charge on any atom is -0.292 e. The Morgan fingerprint density at radius 3 is 2.11 bits per heavy atom. The molecule has 0 aliphatic heterocycles. The molecule has 2 heterocycles. The predicted molar refractivity (Wildman–Crippen MR) is 160 cm³/mol. The van der Waals surface area contributed by atoms with Crippen LogP contribution < -0.4 is 0 Å². The molecule has 0 saturated carbocycles. The number of rotatable bonds is 5. The van der Waals surface area contributed by atoms with Crippen LogP contribution in [0.3, 0.4) is 0 Å². The number of benzene rings is 4. The minimum absolute atomic E-state index is 0.394. The van der Waals surface area contributed by atoms with Crippen LogP contribution in [0.1, 0.15) is 56.2 Å². The molecule has 2 nitrogen and oxygen atoms in total. The van der Waals surface area contributed by atoms with Crippen LogP contribution >= 0.6 is 11.3 Å². The lowest BCUT2D eigenvalue weighted by molar-refractivity contribution is 0.808. The maximum Gasteiger partial charge on any atom is 0.147 e. The molecule has 4 aromatic carbocycles. The molecule has 0 atom stereocenters. The van der Waals surface area contributed by atoms with Crippen molar-refractivity contribution in [1.82, 2.24) is 9.55 Å². The van der Waals surface area contributed by atoms with Crippen LogP contribution in [0, 0.1) is 6.92 Å². The average Bonchev–Trinajstić information content (AvgIpc) is 3.49. The van der Waals surface area contributed by atoms with Gasteiger partial charge >= 0.3 is 0 Å². The Morgan fingerprint density at radius 2 is 1.41 bits per heavy atom. The second-order valence-electron chi connectivity index (χ2n) is 10.6. The number of aromatic nitrogens is 2. The summed E-state index contributed by atoms with van der Waals surface area (Å²) in [6.45, 7) is 11.4. The van der Waals surface area contributed by atoms with E-state index in [4.69, 9.17) is 4.98 Å². The largest absolute Gasteiger partial charge is 0.292 e. The lowest BCUT2D eigenvalue weighted by atomic mass is 9.90. The van der Waals surface area contributed by atoms with E-state index < -0.39 is 0 Å². The Labute approximate surface area is 223 Å². The molecular weight excluding hydrogens is 468 g/mol. The molecule has 0 unspecified atom stereocenters. The molecule has 184 valence electrons. The van der Waals surface area contributed by atoms with Crippen molar-refractivity contribution in [3.63, 3.8) is 0 Å². The standard InChI is InChI=1S/C34H32N2S/c1-21(2)26-17-23(5)18-27(22(3)4)33(26)36-31-14-10-9-13-30(31)35-34(36)29-20-37-32-16-15-25(19-28(29)32)24-11-7-6-8-12-24/h6-22H,1-5H3. The van der Waals surface area contributed by atoms with Gasteiger partial charge in [0.15, 0.2) is 0 Å². The average molecular weight is 501 g/mol. The van der Waals surface area contributed by atoms with E-state index in [0.717, 1.165) is 16.9 Å². The second-order valence-corrected chi connectivity index (χ2v) is 11.5.